The van der Waals surface area contributed by atoms with Gasteiger partial charge in [-0.25, -0.2) is 4.98 Å². The fraction of sp³-hybridized carbons (Fsp3) is 0.250. The molecule has 0 bridgehead atoms. The van der Waals surface area contributed by atoms with Crippen molar-refractivity contribution in [3.63, 3.8) is 0 Å². The van der Waals surface area contributed by atoms with E-state index in [0.717, 1.165) is 38.3 Å². The molecule has 0 radical (unpaired) electrons. The molecule has 0 aliphatic rings. The van der Waals surface area contributed by atoms with Crippen LogP contribution < -0.4 is 5.32 Å². The number of aromatic nitrogens is 1. The van der Waals surface area contributed by atoms with E-state index in [-0.39, 0.29) is 0 Å². The number of rotatable bonds is 4. The Morgan fingerprint density at radius 1 is 1.29 bits per heavy atom. The minimum Gasteiger partial charge on any atom is -0.311 e. The summed E-state index contributed by atoms with van der Waals surface area (Å²) in [5.74, 6) is 0. The largest absolute Gasteiger partial charge is 0.311 e. The summed E-state index contributed by atoms with van der Waals surface area (Å²) in [5, 5.41) is 6.44. The normalized spacial score (nSPS) is 10.8. The van der Waals surface area contributed by atoms with Crippen LogP contribution in [0.1, 0.15) is 12.6 Å². The van der Waals surface area contributed by atoms with Crippen molar-refractivity contribution in [1.29, 1.82) is 0 Å². The first-order valence-electron chi connectivity index (χ1n) is 5.31. The third-order valence-corrected chi connectivity index (χ3v) is 5.09. The Morgan fingerprint density at radius 3 is 2.82 bits per heavy atom. The SMILES string of the molecule is CCNCc1csc(-c2ccc(Br)c(Br)c2)n1. The van der Waals surface area contributed by atoms with E-state index in [1.165, 1.54) is 0 Å². The number of hydrogen-bond donors (Lipinski definition) is 1. The monoisotopic (exact) mass is 374 g/mol. The van der Waals surface area contributed by atoms with Crippen molar-refractivity contribution in [3.8, 4) is 10.6 Å². The predicted molar refractivity (Wildman–Crippen MR) is 80.3 cm³/mol. The minimum absolute atomic E-state index is 0.838. The molecular formula is C12H12Br2N2S. The Labute approximate surface area is 122 Å². The molecule has 0 saturated carbocycles. The molecule has 1 N–H and O–H groups in total. The van der Waals surface area contributed by atoms with E-state index in [4.69, 9.17) is 0 Å². The highest BCUT2D eigenvalue weighted by molar-refractivity contribution is 9.13. The fourth-order valence-corrected chi connectivity index (χ4v) is 2.85. The van der Waals surface area contributed by atoms with Crippen molar-refractivity contribution in [3.05, 3.63) is 38.2 Å². The highest BCUT2D eigenvalue weighted by Gasteiger charge is 2.06. The fourth-order valence-electron chi connectivity index (χ4n) is 1.40. The van der Waals surface area contributed by atoms with Gasteiger partial charge in [0.25, 0.3) is 0 Å². The van der Waals surface area contributed by atoms with E-state index in [2.05, 4.69) is 66.6 Å². The van der Waals surface area contributed by atoms with Gasteiger partial charge in [-0.1, -0.05) is 13.0 Å². The second-order valence-corrected chi connectivity index (χ2v) is 6.12. The van der Waals surface area contributed by atoms with Crippen molar-refractivity contribution in [2.24, 2.45) is 0 Å². The van der Waals surface area contributed by atoms with Gasteiger partial charge in [-0.05, 0) is 50.5 Å². The average Bonchev–Trinajstić information content (AvgIpc) is 2.79. The molecule has 1 aromatic carbocycles. The van der Waals surface area contributed by atoms with Gasteiger partial charge in [-0.2, -0.15) is 0 Å². The summed E-state index contributed by atoms with van der Waals surface area (Å²) in [6.07, 6.45) is 0. The van der Waals surface area contributed by atoms with Crippen molar-refractivity contribution >= 4 is 43.2 Å². The number of nitrogens with zero attached hydrogens (tertiary/aromatic N) is 1. The van der Waals surface area contributed by atoms with Crippen LogP contribution in [0.2, 0.25) is 0 Å². The molecule has 0 spiro atoms. The number of nitrogens with one attached hydrogen (secondary N) is 1. The number of thiazole rings is 1. The lowest BCUT2D eigenvalue weighted by Gasteiger charge is -2.00. The van der Waals surface area contributed by atoms with Gasteiger partial charge in [-0.15, -0.1) is 11.3 Å². The molecule has 0 saturated heterocycles. The van der Waals surface area contributed by atoms with E-state index in [9.17, 15) is 0 Å². The van der Waals surface area contributed by atoms with Crippen molar-refractivity contribution in [2.75, 3.05) is 6.54 Å². The Hall–Kier alpha value is -0.230. The van der Waals surface area contributed by atoms with Crippen LogP contribution in [0.15, 0.2) is 32.5 Å². The molecule has 5 heteroatoms. The molecule has 1 heterocycles. The summed E-state index contributed by atoms with van der Waals surface area (Å²) in [5.41, 5.74) is 2.25. The van der Waals surface area contributed by atoms with Gasteiger partial charge < -0.3 is 5.32 Å². The predicted octanol–water partition coefficient (Wildman–Crippen LogP) is 4.44. The van der Waals surface area contributed by atoms with Crippen LogP contribution in [-0.2, 0) is 6.54 Å². The quantitative estimate of drug-likeness (QED) is 0.854. The van der Waals surface area contributed by atoms with Crippen molar-refractivity contribution < 1.29 is 0 Å². The van der Waals surface area contributed by atoms with Crippen molar-refractivity contribution in [2.45, 2.75) is 13.5 Å². The molecule has 0 amide bonds. The first-order chi connectivity index (χ1) is 8.20. The number of halogens is 2. The van der Waals surface area contributed by atoms with Gasteiger partial charge in [-0.3, -0.25) is 0 Å². The highest BCUT2D eigenvalue weighted by Crippen LogP contribution is 2.30. The maximum Gasteiger partial charge on any atom is 0.123 e. The second kappa shape index (κ2) is 6.09. The molecule has 2 aromatic rings. The maximum absolute atomic E-state index is 4.61. The summed E-state index contributed by atoms with van der Waals surface area (Å²) in [4.78, 5) is 4.61. The molecule has 0 aliphatic carbocycles. The maximum atomic E-state index is 4.61. The van der Waals surface area contributed by atoms with E-state index in [1.807, 2.05) is 6.07 Å². The molecule has 0 unspecified atom stereocenters. The van der Waals surface area contributed by atoms with E-state index in [1.54, 1.807) is 11.3 Å². The highest BCUT2D eigenvalue weighted by atomic mass is 79.9. The molecular weight excluding hydrogens is 364 g/mol. The third kappa shape index (κ3) is 3.37. The molecule has 0 aliphatic heterocycles. The van der Waals surface area contributed by atoms with E-state index < -0.39 is 0 Å². The van der Waals surface area contributed by atoms with Crippen LogP contribution in [0.3, 0.4) is 0 Å². The molecule has 2 nitrogen and oxygen atoms in total. The third-order valence-electron chi connectivity index (χ3n) is 2.27. The smallest absolute Gasteiger partial charge is 0.123 e. The standard InChI is InChI=1S/C12H12Br2N2S/c1-2-15-6-9-7-17-12(16-9)8-3-4-10(13)11(14)5-8/h3-5,7,15H,2,6H2,1H3. The van der Waals surface area contributed by atoms with Crippen LogP contribution in [0.25, 0.3) is 10.6 Å². The first kappa shape index (κ1) is 13.2. The van der Waals surface area contributed by atoms with Gasteiger partial charge in [0.2, 0.25) is 0 Å². The zero-order valence-electron chi connectivity index (χ0n) is 9.34. The van der Waals surface area contributed by atoms with Gasteiger partial charge in [0.15, 0.2) is 0 Å². The minimum atomic E-state index is 0.838. The van der Waals surface area contributed by atoms with Crippen LogP contribution in [0.4, 0.5) is 0 Å². The lowest BCUT2D eigenvalue weighted by atomic mass is 10.2. The molecule has 90 valence electrons. The number of hydrogen-bond acceptors (Lipinski definition) is 3. The van der Waals surface area contributed by atoms with Crippen LogP contribution in [0, 0.1) is 0 Å². The van der Waals surface area contributed by atoms with E-state index in [0.29, 0.717) is 0 Å². The Balaban J connectivity index is 2.21. The van der Waals surface area contributed by atoms with Crippen LogP contribution in [0.5, 0.6) is 0 Å². The molecule has 17 heavy (non-hydrogen) atoms. The summed E-state index contributed by atoms with van der Waals surface area (Å²) in [6, 6.07) is 6.19. The van der Waals surface area contributed by atoms with Crippen molar-refractivity contribution in [1.82, 2.24) is 10.3 Å². The van der Waals surface area contributed by atoms with Gasteiger partial charge in [0.1, 0.15) is 5.01 Å². The molecule has 2 rings (SSSR count). The van der Waals surface area contributed by atoms with Gasteiger partial charge in [0.05, 0.1) is 5.69 Å². The zero-order chi connectivity index (χ0) is 12.3. The summed E-state index contributed by atoms with van der Waals surface area (Å²) in [7, 11) is 0. The van der Waals surface area contributed by atoms with E-state index >= 15 is 0 Å². The molecule has 1 aromatic heterocycles. The number of benzene rings is 1. The topological polar surface area (TPSA) is 24.9 Å². The lowest BCUT2D eigenvalue weighted by Crippen LogP contribution is -2.11. The Kier molecular flexibility index (Phi) is 4.73. The summed E-state index contributed by atoms with van der Waals surface area (Å²) < 4.78 is 2.11. The molecule has 0 atom stereocenters. The lowest BCUT2D eigenvalue weighted by molar-refractivity contribution is 0.715. The first-order valence-corrected chi connectivity index (χ1v) is 7.78. The summed E-state index contributed by atoms with van der Waals surface area (Å²) in [6.45, 7) is 3.90. The Morgan fingerprint density at radius 2 is 2.12 bits per heavy atom. The van der Waals surface area contributed by atoms with Gasteiger partial charge >= 0.3 is 0 Å². The van der Waals surface area contributed by atoms with Crippen LogP contribution >= 0.6 is 43.2 Å². The zero-order valence-corrected chi connectivity index (χ0v) is 13.3. The van der Waals surface area contributed by atoms with Crippen LogP contribution in [-0.4, -0.2) is 11.5 Å². The average molecular weight is 376 g/mol. The Bertz CT molecular complexity index is 511. The van der Waals surface area contributed by atoms with Gasteiger partial charge in [0, 0.05) is 26.4 Å². The second-order valence-electron chi connectivity index (χ2n) is 3.55. The molecule has 0 fully saturated rings. The summed E-state index contributed by atoms with van der Waals surface area (Å²) >= 11 is 8.66.